The Hall–Kier alpha value is -0.260. The quantitative estimate of drug-likeness (QED) is 0.535. The van der Waals surface area contributed by atoms with Gasteiger partial charge in [-0.05, 0) is 62.7 Å². The van der Waals surface area contributed by atoms with Crippen LogP contribution in [-0.2, 0) is 0 Å². The van der Waals surface area contributed by atoms with Crippen molar-refractivity contribution in [2.45, 2.75) is 79.1 Å². The summed E-state index contributed by atoms with van der Waals surface area (Å²) in [6.07, 6.45) is 11.4. The summed E-state index contributed by atoms with van der Waals surface area (Å²) in [5.41, 5.74) is 4.20. The van der Waals surface area contributed by atoms with Crippen LogP contribution in [0.3, 0.4) is 0 Å². The molecule has 0 radical (unpaired) electrons. The maximum absolute atomic E-state index is 2.47. The monoisotopic (exact) mass is 234 g/mol. The molecule has 0 spiro atoms. The molecule has 1 saturated carbocycles. The zero-order valence-electron chi connectivity index (χ0n) is 12.3. The molecule has 0 aromatic heterocycles. The molecular weight excluding hydrogens is 204 g/mol. The minimum atomic E-state index is 0.596. The van der Waals surface area contributed by atoms with Gasteiger partial charge in [0.25, 0.3) is 0 Å². The molecule has 2 aliphatic rings. The summed E-state index contributed by atoms with van der Waals surface area (Å²) in [6.45, 7) is 9.68. The molecule has 2 rings (SSSR count). The number of hydrogen-bond donors (Lipinski definition) is 0. The second-order valence-corrected chi connectivity index (χ2v) is 7.22. The minimum Gasteiger partial charge on any atom is -0.0735 e. The van der Waals surface area contributed by atoms with Crippen molar-refractivity contribution in [3.05, 3.63) is 11.1 Å². The van der Waals surface area contributed by atoms with Crippen LogP contribution >= 0.6 is 0 Å². The first-order valence-electron chi connectivity index (χ1n) is 7.72. The molecule has 0 N–H and O–H groups in total. The van der Waals surface area contributed by atoms with Gasteiger partial charge in [0.15, 0.2) is 0 Å². The fraction of sp³-hybridized carbons (Fsp3) is 0.882. The number of fused-ring (bicyclic) bond motifs is 1. The third kappa shape index (κ3) is 2.95. The summed E-state index contributed by atoms with van der Waals surface area (Å²) in [4.78, 5) is 0. The maximum atomic E-state index is 2.47. The molecule has 2 atom stereocenters. The highest BCUT2D eigenvalue weighted by atomic mass is 14.4. The molecule has 0 aliphatic heterocycles. The maximum Gasteiger partial charge on any atom is -0.0169 e. The molecule has 0 saturated heterocycles. The lowest BCUT2D eigenvalue weighted by atomic mass is 9.72. The highest BCUT2D eigenvalue weighted by molar-refractivity contribution is 5.23. The summed E-state index contributed by atoms with van der Waals surface area (Å²) in [5.74, 6) is 1.96. The van der Waals surface area contributed by atoms with E-state index >= 15 is 0 Å². The van der Waals surface area contributed by atoms with Crippen molar-refractivity contribution in [1.82, 2.24) is 0 Å². The van der Waals surface area contributed by atoms with Crippen LogP contribution in [0.5, 0.6) is 0 Å². The lowest BCUT2D eigenvalue weighted by Crippen LogP contribution is -2.21. The van der Waals surface area contributed by atoms with Crippen LogP contribution in [0.15, 0.2) is 11.1 Å². The van der Waals surface area contributed by atoms with Crippen LogP contribution in [0.4, 0.5) is 0 Å². The molecule has 2 unspecified atom stereocenters. The Morgan fingerprint density at radius 2 is 1.94 bits per heavy atom. The van der Waals surface area contributed by atoms with Crippen LogP contribution in [-0.4, -0.2) is 0 Å². The van der Waals surface area contributed by atoms with E-state index in [2.05, 4.69) is 27.7 Å². The molecule has 0 bridgehead atoms. The molecule has 17 heavy (non-hydrogen) atoms. The predicted molar refractivity (Wildman–Crippen MR) is 76.1 cm³/mol. The van der Waals surface area contributed by atoms with E-state index in [-0.39, 0.29) is 0 Å². The number of hydrogen-bond acceptors (Lipinski definition) is 0. The predicted octanol–water partition coefficient (Wildman–Crippen LogP) is 5.73. The Labute approximate surface area is 108 Å². The van der Waals surface area contributed by atoms with Gasteiger partial charge in [0.1, 0.15) is 0 Å². The van der Waals surface area contributed by atoms with Crippen molar-refractivity contribution in [2.24, 2.45) is 17.3 Å². The first-order chi connectivity index (χ1) is 8.03. The van der Waals surface area contributed by atoms with E-state index in [1.165, 1.54) is 51.4 Å². The van der Waals surface area contributed by atoms with Gasteiger partial charge in [-0.15, -0.1) is 0 Å². The molecule has 0 amide bonds. The van der Waals surface area contributed by atoms with E-state index in [0.717, 1.165) is 11.8 Å². The second-order valence-electron chi connectivity index (χ2n) is 7.22. The summed E-state index contributed by atoms with van der Waals surface area (Å²) in [7, 11) is 0. The van der Waals surface area contributed by atoms with E-state index in [1.54, 1.807) is 5.57 Å². The molecule has 1 fully saturated rings. The number of rotatable bonds is 2. The SMILES string of the molecule is CCCC1=C(C)CC2CCCC(C)(C)CCC12. The first-order valence-corrected chi connectivity index (χ1v) is 7.72. The van der Waals surface area contributed by atoms with Gasteiger partial charge >= 0.3 is 0 Å². The van der Waals surface area contributed by atoms with Crippen LogP contribution in [0.25, 0.3) is 0 Å². The Bertz CT molecular complexity index is 295. The normalized spacial score (nSPS) is 33.2. The van der Waals surface area contributed by atoms with Gasteiger partial charge in [-0.1, -0.05) is 44.8 Å². The fourth-order valence-corrected chi connectivity index (χ4v) is 4.16. The smallest absolute Gasteiger partial charge is 0.0169 e. The molecule has 0 nitrogen and oxygen atoms in total. The van der Waals surface area contributed by atoms with Gasteiger partial charge in [-0.3, -0.25) is 0 Å². The highest BCUT2D eigenvalue weighted by Crippen LogP contribution is 2.48. The van der Waals surface area contributed by atoms with E-state index in [4.69, 9.17) is 0 Å². The van der Waals surface area contributed by atoms with Crippen LogP contribution in [0.1, 0.15) is 79.1 Å². The van der Waals surface area contributed by atoms with E-state index in [9.17, 15) is 0 Å². The highest BCUT2D eigenvalue weighted by Gasteiger charge is 2.35. The Kier molecular flexibility index (Phi) is 4.00. The Morgan fingerprint density at radius 3 is 2.65 bits per heavy atom. The van der Waals surface area contributed by atoms with Gasteiger partial charge in [0, 0.05) is 0 Å². The molecule has 0 heterocycles. The zero-order chi connectivity index (χ0) is 12.5. The van der Waals surface area contributed by atoms with Gasteiger partial charge in [0.2, 0.25) is 0 Å². The average Bonchev–Trinajstić information content (AvgIpc) is 2.51. The third-order valence-corrected chi connectivity index (χ3v) is 5.21. The molecule has 2 aliphatic carbocycles. The summed E-state index contributed by atoms with van der Waals surface area (Å²) in [5, 5.41) is 0. The van der Waals surface area contributed by atoms with E-state index in [0.29, 0.717) is 5.41 Å². The minimum absolute atomic E-state index is 0.596. The first kappa shape index (κ1) is 13.2. The topological polar surface area (TPSA) is 0 Å². The van der Waals surface area contributed by atoms with Crippen molar-refractivity contribution in [3.8, 4) is 0 Å². The molecule has 0 heteroatoms. The van der Waals surface area contributed by atoms with Crippen molar-refractivity contribution in [2.75, 3.05) is 0 Å². The van der Waals surface area contributed by atoms with Crippen molar-refractivity contribution in [1.29, 1.82) is 0 Å². The van der Waals surface area contributed by atoms with E-state index in [1.807, 2.05) is 5.57 Å². The zero-order valence-corrected chi connectivity index (χ0v) is 12.3. The summed E-state index contributed by atoms with van der Waals surface area (Å²) < 4.78 is 0. The van der Waals surface area contributed by atoms with Gasteiger partial charge in [-0.25, -0.2) is 0 Å². The third-order valence-electron chi connectivity index (χ3n) is 5.21. The van der Waals surface area contributed by atoms with Gasteiger partial charge < -0.3 is 0 Å². The Morgan fingerprint density at radius 1 is 1.18 bits per heavy atom. The lowest BCUT2D eigenvalue weighted by molar-refractivity contribution is 0.207. The fourth-order valence-electron chi connectivity index (χ4n) is 4.16. The van der Waals surface area contributed by atoms with Gasteiger partial charge in [0.05, 0.1) is 0 Å². The average molecular weight is 234 g/mol. The molecule has 98 valence electrons. The number of allylic oxidation sites excluding steroid dienone is 2. The lowest BCUT2D eigenvalue weighted by Gasteiger charge is -2.33. The summed E-state index contributed by atoms with van der Waals surface area (Å²) in [6, 6.07) is 0. The van der Waals surface area contributed by atoms with Crippen molar-refractivity contribution >= 4 is 0 Å². The largest absolute Gasteiger partial charge is 0.0735 e. The van der Waals surface area contributed by atoms with Crippen molar-refractivity contribution < 1.29 is 0 Å². The van der Waals surface area contributed by atoms with Gasteiger partial charge in [-0.2, -0.15) is 0 Å². The summed E-state index contributed by atoms with van der Waals surface area (Å²) >= 11 is 0. The van der Waals surface area contributed by atoms with Crippen molar-refractivity contribution in [3.63, 3.8) is 0 Å². The second kappa shape index (κ2) is 5.16. The molecule has 0 aromatic rings. The van der Waals surface area contributed by atoms with E-state index < -0.39 is 0 Å². The van der Waals surface area contributed by atoms with Crippen LogP contribution in [0, 0.1) is 17.3 Å². The Balaban J connectivity index is 2.09. The standard InChI is InChI=1S/C17H30/c1-5-7-15-13(2)12-14-8-6-10-17(3,4)11-9-16(14)15/h14,16H,5-12H2,1-4H3. The van der Waals surface area contributed by atoms with Crippen LogP contribution < -0.4 is 0 Å². The van der Waals surface area contributed by atoms with Crippen LogP contribution in [0.2, 0.25) is 0 Å². The molecular formula is C17H30. The molecule has 0 aromatic carbocycles.